The lowest BCUT2D eigenvalue weighted by molar-refractivity contribution is -0.389. The molecule has 1 atom stereocenters. The average Bonchev–Trinajstić information content (AvgIpc) is 2.97. The lowest BCUT2D eigenvalue weighted by atomic mass is 10.1. The number of amides is 1. The summed E-state index contributed by atoms with van der Waals surface area (Å²) in [5.41, 5.74) is -1.05. The van der Waals surface area contributed by atoms with Gasteiger partial charge in [-0.25, -0.2) is 4.79 Å². The lowest BCUT2D eigenvalue weighted by Gasteiger charge is -2.30. The van der Waals surface area contributed by atoms with Crippen molar-refractivity contribution in [1.82, 2.24) is 19.4 Å². The number of fused-ring (bicyclic) bond motifs is 1. The summed E-state index contributed by atoms with van der Waals surface area (Å²) in [5, 5.41) is 10.8. The summed E-state index contributed by atoms with van der Waals surface area (Å²) in [6.07, 6.45) is 1.03. The maximum absolute atomic E-state index is 12.0. The van der Waals surface area contributed by atoms with Crippen molar-refractivity contribution in [2.75, 3.05) is 33.7 Å². The van der Waals surface area contributed by atoms with E-state index in [2.05, 4.69) is 4.98 Å². The summed E-state index contributed by atoms with van der Waals surface area (Å²) >= 11 is 0. The number of likely N-dealkylation sites (N-methyl/N-ethyl adjacent to an activating group) is 2. The molecule has 26 heavy (non-hydrogen) atoms. The van der Waals surface area contributed by atoms with E-state index in [1.54, 1.807) is 11.6 Å². The van der Waals surface area contributed by atoms with Crippen LogP contribution in [0.5, 0.6) is 6.01 Å². The summed E-state index contributed by atoms with van der Waals surface area (Å²) in [6.45, 7) is 9.64. The van der Waals surface area contributed by atoms with Crippen LogP contribution in [0, 0.1) is 10.1 Å². The zero-order valence-corrected chi connectivity index (χ0v) is 16.2. The van der Waals surface area contributed by atoms with Gasteiger partial charge in [0.1, 0.15) is 17.4 Å². The third-order valence-electron chi connectivity index (χ3n) is 3.88. The second kappa shape index (κ2) is 7.10. The predicted molar refractivity (Wildman–Crippen MR) is 94.3 cm³/mol. The number of ether oxygens (including phenoxy) is 2. The van der Waals surface area contributed by atoms with Crippen LogP contribution in [0.2, 0.25) is 0 Å². The molecule has 10 nitrogen and oxygen atoms in total. The average molecular weight is 369 g/mol. The van der Waals surface area contributed by atoms with E-state index in [4.69, 9.17) is 9.47 Å². The van der Waals surface area contributed by atoms with E-state index >= 15 is 0 Å². The van der Waals surface area contributed by atoms with Gasteiger partial charge in [0.25, 0.3) is 0 Å². The van der Waals surface area contributed by atoms with Crippen molar-refractivity contribution in [3.8, 4) is 6.01 Å². The molecule has 146 valence electrons. The van der Waals surface area contributed by atoms with Crippen LogP contribution < -0.4 is 4.74 Å². The molecule has 0 saturated heterocycles. The van der Waals surface area contributed by atoms with Crippen LogP contribution in [0.4, 0.5) is 10.6 Å². The van der Waals surface area contributed by atoms with Crippen LogP contribution >= 0.6 is 0 Å². The van der Waals surface area contributed by atoms with Crippen LogP contribution in [0.15, 0.2) is 6.20 Å². The molecule has 0 fully saturated rings. The van der Waals surface area contributed by atoms with E-state index in [0.717, 1.165) is 0 Å². The molecule has 0 radical (unpaired) electrons. The number of imidazole rings is 1. The highest BCUT2D eigenvalue weighted by Crippen LogP contribution is 2.31. The number of rotatable bonds is 6. The lowest BCUT2D eigenvalue weighted by Crippen LogP contribution is -2.46. The standard InChI is InChI=1S/C16H27N5O5/c1-15(2,3)26-14(22)19(6)8-7-18(5)10-16(4)11-20-9-12(21(23)24)17-13(20)25-16/h9H,7-8,10-11H2,1-6H3. The molecule has 0 saturated carbocycles. The summed E-state index contributed by atoms with van der Waals surface area (Å²) in [7, 11) is 3.63. The predicted octanol–water partition coefficient (Wildman–Crippen LogP) is 1.74. The van der Waals surface area contributed by atoms with Gasteiger partial charge in [-0.3, -0.25) is 4.57 Å². The molecule has 1 aromatic heterocycles. The Morgan fingerprint density at radius 1 is 1.46 bits per heavy atom. The summed E-state index contributed by atoms with van der Waals surface area (Å²) < 4.78 is 12.8. The molecule has 1 aromatic rings. The smallest absolute Gasteiger partial charge is 0.415 e. The van der Waals surface area contributed by atoms with Crippen molar-refractivity contribution in [2.24, 2.45) is 0 Å². The third kappa shape index (κ3) is 5.07. The van der Waals surface area contributed by atoms with E-state index in [1.807, 2.05) is 39.6 Å². The Bertz CT molecular complexity index is 658. The quantitative estimate of drug-likeness (QED) is 0.556. The first-order valence-electron chi connectivity index (χ1n) is 8.42. The van der Waals surface area contributed by atoms with Gasteiger partial charge in [-0.15, -0.1) is 0 Å². The van der Waals surface area contributed by atoms with Gasteiger partial charge in [0.15, 0.2) is 0 Å². The molecule has 10 heteroatoms. The molecule has 2 heterocycles. The number of carbonyl (C=O) groups is 1. The summed E-state index contributed by atoms with van der Waals surface area (Å²) in [4.78, 5) is 29.7. The van der Waals surface area contributed by atoms with E-state index in [-0.39, 0.29) is 17.9 Å². The monoisotopic (exact) mass is 369 g/mol. The Hall–Kier alpha value is -2.36. The molecule has 1 aliphatic rings. The third-order valence-corrected chi connectivity index (χ3v) is 3.88. The Morgan fingerprint density at radius 2 is 2.12 bits per heavy atom. The fraction of sp³-hybridized carbons (Fsp3) is 0.750. The minimum absolute atomic E-state index is 0.214. The molecule has 0 bridgehead atoms. The van der Waals surface area contributed by atoms with E-state index in [0.29, 0.717) is 26.2 Å². The minimum Gasteiger partial charge on any atom is -0.444 e. The molecule has 0 spiro atoms. The number of nitrogens with zero attached hydrogens (tertiary/aromatic N) is 5. The number of carbonyl (C=O) groups excluding carboxylic acids is 1. The zero-order chi connectivity index (χ0) is 19.7. The molecule has 0 aromatic carbocycles. The first kappa shape index (κ1) is 20.0. The van der Waals surface area contributed by atoms with Crippen molar-refractivity contribution < 1.29 is 19.2 Å². The van der Waals surface area contributed by atoms with Crippen LogP contribution in [-0.4, -0.2) is 75.3 Å². The fourth-order valence-electron chi connectivity index (χ4n) is 2.77. The summed E-state index contributed by atoms with van der Waals surface area (Å²) in [5.74, 6) is -0.214. The van der Waals surface area contributed by atoms with Gasteiger partial charge >= 0.3 is 17.9 Å². The maximum Gasteiger partial charge on any atom is 0.415 e. The Balaban J connectivity index is 1.82. The Labute approximate surface area is 152 Å². The highest BCUT2D eigenvalue weighted by atomic mass is 16.6. The number of aromatic nitrogens is 2. The van der Waals surface area contributed by atoms with Crippen LogP contribution in [0.25, 0.3) is 0 Å². The molecule has 2 rings (SSSR count). The molecular weight excluding hydrogens is 342 g/mol. The van der Waals surface area contributed by atoms with Crippen LogP contribution in [0.1, 0.15) is 27.7 Å². The van der Waals surface area contributed by atoms with E-state index in [1.165, 1.54) is 11.1 Å². The van der Waals surface area contributed by atoms with Gasteiger partial charge in [-0.2, -0.15) is 0 Å². The highest BCUT2D eigenvalue weighted by molar-refractivity contribution is 5.67. The maximum atomic E-state index is 12.0. The second-order valence-corrected chi connectivity index (χ2v) is 7.96. The second-order valence-electron chi connectivity index (χ2n) is 7.96. The number of hydrogen-bond acceptors (Lipinski definition) is 7. The SMILES string of the molecule is CN(CCN(C)C(=O)OC(C)(C)C)CC1(C)Cn2cc([N+](=O)[O-])nc2O1. The van der Waals surface area contributed by atoms with E-state index < -0.39 is 16.1 Å². The molecule has 1 unspecified atom stereocenters. The molecule has 1 amide bonds. The first-order chi connectivity index (χ1) is 11.9. The van der Waals surface area contributed by atoms with Crippen molar-refractivity contribution >= 4 is 11.9 Å². The highest BCUT2D eigenvalue weighted by Gasteiger charge is 2.41. The molecule has 0 N–H and O–H groups in total. The van der Waals surface area contributed by atoms with Crippen molar-refractivity contribution in [3.05, 3.63) is 16.3 Å². The number of nitro groups is 1. The van der Waals surface area contributed by atoms with Gasteiger partial charge in [0.05, 0.1) is 6.54 Å². The zero-order valence-electron chi connectivity index (χ0n) is 16.2. The van der Waals surface area contributed by atoms with Gasteiger partial charge in [-0.05, 0) is 39.7 Å². The van der Waals surface area contributed by atoms with Gasteiger partial charge in [-0.1, -0.05) is 0 Å². The van der Waals surface area contributed by atoms with Crippen molar-refractivity contribution in [2.45, 2.75) is 45.4 Å². The first-order valence-corrected chi connectivity index (χ1v) is 8.42. The fourth-order valence-corrected chi connectivity index (χ4v) is 2.77. The Kier molecular flexibility index (Phi) is 5.45. The van der Waals surface area contributed by atoms with Crippen molar-refractivity contribution in [3.63, 3.8) is 0 Å². The molecule has 1 aliphatic heterocycles. The minimum atomic E-state index is -0.537. The van der Waals surface area contributed by atoms with Gasteiger partial charge in [0, 0.05) is 31.7 Å². The van der Waals surface area contributed by atoms with Crippen LogP contribution in [0.3, 0.4) is 0 Å². The molecular formula is C16H27N5O5. The van der Waals surface area contributed by atoms with Crippen molar-refractivity contribution in [1.29, 1.82) is 0 Å². The van der Waals surface area contributed by atoms with Gasteiger partial charge in [0.2, 0.25) is 0 Å². The Morgan fingerprint density at radius 3 is 2.65 bits per heavy atom. The van der Waals surface area contributed by atoms with Gasteiger partial charge < -0.3 is 29.4 Å². The largest absolute Gasteiger partial charge is 0.444 e. The topological polar surface area (TPSA) is 103 Å². The molecule has 0 aliphatic carbocycles. The summed E-state index contributed by atoms with van der Waals surface area (Å²) in [6, 6.07) is 0.262. The number of hydrogen-bond donors (Lipinski definition) is 0. The van der Waals surface area contributed by atoms with Crippen LogP contribution in [-0.2, 0) is 11.3 Å². The normalized spacial score (nSPS) is 19.2. The van der Waals surface area contributed by atoms with E-state index in [9.17, 15) is 14.9 Å².